The van der Waals surface area contributed by atoms with E-state index in [0.717, 1.165) is 33.6 Å². The minimum Gasteiger partial charge on any atom is -0.477 e. The monoisotopic (exact) mass is 460 g/mol. The molecule has 1 amide bonds. The van der Waals surface area contributed by atoms with Crippen molar-refractivity contribution in [3.8, 4) is 11.1 Å². The Morgan fingerprint density at radius 2 is 1.67 bits per heavy atom. The van der Waals surface area contributed by atoms with Crippen LogP contribution < -0.4 is 5.32 Å². The number of nitrogens with one attached hydrogen (secondary N) is 1. The summed E-state index contributed by atoms with van der Waals surface area (Å²) in [6.45, 7) is 0.0600. The summed E-state index contributed by atoms with van der Waals surface area (Å²) in [7, 11) is 0. The van der Waals surface area contributed by atoms with Gasteiger partial charge in [-0.2, -0.15) is 0 Å². The summed E-state index contributed by atoms with van der Waals surface area (Å²) in [5, 5.41) is 23.5. The van der Waals surface area contributed by atoms with E-state index in [9.17, 15) is 24.8 Å². The molecule has 164 valence electrons. The minimum atomic E-state index is -1.24. The zero-order valence-electron chi connectivity index (χ0n) is 17.0. The molecule has 0 aliphatic heterocycles. The van der Waals surface area contributed by atoms with Crippen molar-refractivity contribution in [1.82, 2.24) is 0 Å². The minimum absolute atomic E-state index is 0.0107. The molecule has 8 nitrogen and oxygen atoms in total. The van der Waals surface area contributed by atoms with Crippen molar-refractivity contribution < 1.29 is 24.4 Å². The summed E-state index contributed by atoms with van der Waals surface area (Å²) >= 11 is 0.927. The molecule has 0 spiro atoms. The molecule has 9 heteroatoms. The molecule has 0 radical (unpaired) electrons. The number of aromatic carboxylic acids is 1. The van der Waals surface area contributed by atoms with E-state index >= 15 is 0 Å². The van der Waals surface area contributed by atoms with Gasteiger partial charge < -0.3 is 9.84 Å². The van der Waals surface area contributed by atoms with Gasteiger partial charge in [0, 0.05) is 28.1 Å². The van der Waals surface area contributed by atoms with Crippen LogP contribution in [0.25, 0.3) is 21.2 Å². The maximum absolute atomic E-state index is 12.7. The quantitative estimate of drug-likeness (QED) is 0.284. The number of benzene rings is 3. The Hall–Kier alpha value is -4.24. The Bertz CT molecular complexity index is 1400. The average Bonchev–Trinajstić information content (AvgIpc) is 3.33. The van der Waals surface area contributed by atoms with Gasteiger partial charge in [0.15, 0.2) is 0 Å². The number of amides is 1. The number of non-ortho nitro benzene ring substituents is 1. The molecule has 0 saturated carbocycles. The number of carboxylic acid groups (broad SMARTS) is 1. The fourth-order valence-corrected chi connectivity index (χ4v) is 5.19. The highest BCUT2D eigenvalue weighted by atomic mass is 32.1. The van der Waals surface area contributed by atoms with Crippen molar-refractivity contribution in [2.45, 2.75) is 5.92 Å². The predicted octanol–water partition coefficient (Wildman–Crippen LogP) is 5.87. The van der Waals surface area contributed by atoms with Crippen LogP contribution in [-0.2, 0) is 4.74 Å². The van der Waals surface area contributed by atoms with Gasteiger partial charge in [-0.3, -0.25) is 15.4 Å². The number of carboxylic acids is 1. The largest absolute Gasteiger partial charge is 0.477 e. The van der Waals surface area contributed by atoms with E-state index < -0.39 is 17.0 Å². The van der Waals surface area contributed by atoms with Crippen LogP contribution in [0.4, 0.5) is 16.2 Å². The zero-order valence-corrected chi connectivity index (χ0v) is 17.8. The number of carbonyl (C=O) groups is 2. The molecule has 1 aliphatic rings. The second-order valence-corrected chi connectivity index (χ2v) is 8.55. The lowest BCUT2D eigenvalue weighted by atomic mass is 9.98. The van der Waals surface area contributed by atoms with E-state index in [1.54, 1.807) is 0 Å². The van der Waals surface area contributed by atoms with Gasteiger partial charge in [-0.05, 0) is 28.3 Å². The Kier molecular flexibility index (Phi) is 5.02. The van der Waals surface area contributed by atoms with Gasteiger partial charge in [-0.15, -0.1) is 11.3 Å². The smallest absolute Gasteiger partial charge is 0.411 e. The number of nitrogens with zero attached hydrogens (tertiary/aromatic N) is 1. The Morgan fingerprint density at radius 3 is 2.27 bits per heavy atom. The van der Waals surface area contributed by atoms with Crippen molar-refractivity contribution in [2.24, 2.45) is 0 Å². The first-order valence-corrected chi connectivity index (χ1v) is 10.8. The number of ether oxygens (including phenoxy) is 1. The normalized spacial score (nSPS) is 12.2. The highest BCUT2D eigenvalue weighted by Gasteiger charge is 2.29. The third kappa shape index (κ3) is 3.58. The number of nitro benzene ring substituents is 1. The summed E-state index contributed by atoms with van der Waals surface area (Å²) in [6, 6.07) is 19.8. The first-order valence-electron chi connectivity index (χ1n) is 10.00. The Balaban J connectivity index is 1.41. The summed E-state index contributed by atoms with van der Waals surface area (Å²) < 4.78 is 6.01. The summed E-state index contributed by atoms with van der Waals surface area (Å²) in [5.41, 5.74) is 4.07. The third-order valence-electron chi connectivity index (χ3n) is 5.65. The number of nitro groups is 1. The molecule has 0 bridgehead atoms. The standard InChI is InChI=1S/C24H16N2O6S/c27-23(28)22-21(18-11-13(26(30)31)9-10-20(18)33-22)25-24(29)32-12-19-16-7-3-1-5-14(16)15-6-2-4-8-17(15)19/h1-11,19H,12H2,(H,25,29)(H,27,28). The van der Waals surface area contributed by atoms with Gasteiger partial charge in [0.05, 0.1) is 10.6 Å². The number of anilines is 1. The highest BCUT2D eigenvalue weighted by molar-refractivity contribution is 7.21. The maximum atomic E-state index is 12.7. The van der Waals surface area contributed by atoms with Crippen LogP contribution in [0.5, 0.6) is 0 Å². The number of hydrogen-bond acceptors (Lipinski definition) is 6. The van der Waals surface area contributed by atoms with E-state index in [0.29, 0.717) is 4.70 Å². The molecular formula is C24H16N2O6S. The zero-order chi connectivity index (χ0) is 23.1. The number of thiophene rings is 1. The van der Waals surface area contributed by atoms with E-state index in [2.05, 4.69) is 5.32 Å². The lowest BCUT2D eigenvalue weighted by Crippen LogP contribution is -2.18. The second kappa shape index (κ2) is 8.03. The summed E-state index contributed by atoms with van der Waals surface area (Å²) in [6.07, 6.45) is -0.828. The van der Waals surface area contributed by atoms with Crippen LogP contribution in [0.2, 0.25) is 0 Å². The summed E-state index contributed by atoms with van der Waals surface area (Å²) in [4.78, 5) is 34.8. The van der Waals surface area contributed by atoms with Crippen molar-refractivity contribution in [1.29, 1.82) is 0 Å². The summed E-state index contributed by atoms with van der Waals surface area (Å²) in [5.74, 6) is -1.39. The first kappa shape index (κ1) is 20.7. The lowest BCUT2D eigenvalue weighted by Gasteiger charge is -2.14. The maximum Gasteiger partial charge on any atom is 0.411 e. The SMILES string of the molecule is O=C(Nc1c(C(=O)O)sc2ccc([N+](=O)[O-])cc12)OCC1c2ccccc2-c2ccccc21. The van der Waals surface area contributed by atoms with Gasteiger partial charge in [0.2, 0.25) is 0 Å². The molecule has 2 N–H and O–H groups in total. The van der Waals surface area contributed by atoms with Crippen molar-refractivity contribution in [3.05, 3.63) is 92.8 Å². The Morgan fingerprint density at radius 1 is 1.03 bits per heavy atom. The van der Waals surface area contributed by atoms with Gasteiger partial charge in [0.25, 0.3) is 5.69 Å². The van der Waals surface area contributed by atoms with Crippen LogP contribution in [-0.4, -0.2) is 28.7 Å². The van der Waals surface area contributed by atoms with E-state index in [-0.39, 0.29) is 34.2 Å². The molecule has 1 heterocycles. The van der Waals surface area contributed by atoms with E-state index in [4.69, 9.17) is 4.74 Å². The second-order valence-electron chi connectivity index (χ2n) is 7.50. The fraction of sp³-hybridized carbons (Fsp3) is 0.0833. The molecule has 0 saturated heterocycles. The highest BCUT2D eigenvalue weighted by Crippen LogP contribution is 2.44. The molecule has 5 rings (SSSR count). The Labute approximate surface area is 191 Å². The van der Waals surface area contributed by atoms with Gasteiger partial charge in [-0.25, -0.2) is 9.59 Å². The lowest BCUT2D eigenvalue weighted by molar-refractivity contribution is -0.384. The molecule has 0 fully saturated rings. The molecular weight excluding hydrogens is 444 g/mol. The van der Waals surface area contributed by atoms with Crippen LogP contribution in [0.1, 0.15) is 26.7 Å². The van der Waals surface area contributed by atoms with E-state index in [1.807, 2.05) is 48.5 Å². The van der Waals surface area contributed by atoms with Crippen molar-refractivity contribution >= 4 is 44.9 Å². The number of hydrogen-bond donors (Lipinski definition) is 2. The number of fused-ring (bicyclic) bond motifs is 4. The molecule has 33 heavy (non-hydrogen) atoms. The third-order valence-corrected chi connectivity index (χ3v) is 6.81. The first-order chi connectivity index (χ1) is 15.9. The van der Waals surface area contributed by atoms with Crippen LogP contribution in [0.3, 0.4) is 0 Å². The van der Waals surface area contributed by atoms with Crippen molar-refractivity contribution in [3.63, 3.8) is 0 Å². The topological polar surface area (TPSA) is 119 Å². The van der Waals surface area contributed by atoms with Crippen molar-refractivity contribution in [2.75, 3.05) is 11.9 Å². The number of carbonyl (C=O) groups excluding carboxylic acids is 1. The van der Waals surface area contributed by atoms with Gasteiger partial charge in [0.1, 0.15) is 11.5 Å². The molecule has 1 aromatic heterocycles. The molecule has 1 aliphatic carbocycles. The van der Waals surface area contributed by atoms with Crippen LogP contribution in [0.15, 0.2) is 66.7 Å². The number of rotatable bonds is 5. The van der Waals surface area contributed by atoms with E-state index in [1.165, 1.54) is 18.2 Å². The van der Waals surface area contributed by atoms with Crippen LogP contribution in [0, 0.1) is 10.1 Å². The molecule has 4 aromatic rings. The molecule has 0 atom stereocenters. The van der Waals surface area contributed by atoms with Crippen LogP contribution >= 0.6 is 11.3 Å². The molecule has 3 aromatic carbocycles. The molecule has 0 unspecified atom stereocenters. The predicted molar refractivity (Wildman–Crippen MR) is 124 cm³/mol. The van der Waals surface area contributed by atoms with Gasteiger partial charge in [-0.1, -0.05) is 48.5 Å². The van der Waals surface area contributed by atoms with Gasteiger partial charge >= 0.3 is 12.1 Å². The average molecular weight is 460 g/mol. The fourth-order valence-electron chi connectivity index (χ4n) is 4.21.